The smallest absolute Gasteiger partial charge is 0.237 e. The Bertz CT molecular complexity index is 486. The molecule has 19 heavy (non-hydrogen) atoms. The second kappa shape index (κ2) is 5.07. The van der Waals surface area contributed by atoms with Crippen LogP contribution in [-0.2, 0) is 11.2 Å². The van der Waals surface area contributed by atoms with Crippen molar-refractivity contribution in [2.24, 2.45) is 5.73 Å². The van der Waals surface area contributed by atoms with E-state index in [4.69, 9.17) is 10.8 Å². The van der Waals surface area contributed by atoms with Gasteiger partial charge in [0.15, 0.2) is 11.5 Å². The number of hydrogen-bond donors (Lipinski definition) is 5. The molecule has 2 rings (SSSR count). The van der Waals surface area contributed by atoms with E-state index in [0.29, 0.717) is 5.56 Å². The van der Waals surface area contributed by atoms with Crippen molar-refractivity contribution < 1.29 is 20.1 Å². The zero-order chi connectivity index (χ0) is 14.0. The third kappa shape index (κ3) is 3.15. The van der Waals surface area contributed by atoms with Crippen molar-refractivity contribution in [3.63, 3.8) is 0 Å². The average molecular weight is 266 g/mol. The van der Waals surface area contributed by atoms with Crippen LogP contribution in [0.15, 0.2) is 18.2 Å². The molecule has 0 unspecified atom stereocenters. The molecule has 0 radical (unpaired) electrons. The number of aliphatic hydroxyl groups excluding tert-OH is 1. The van der Waals surface area contributed by atoms with Gasteiger partial charge < -0.3 is 26.4 Å². The van der Waals surface area contributed by atoms with Gasteiger partial charge in [-0.2, -0.15) is 0 Å². The van der Waals surface area contributed by atoms with E-state index >= 15 is 0 Å². The Hall–Kier alpha value is -1.79. The highest BCUT2D eigenvalue weighted by atomic mass is 16.3. The Morgan fingerprint density at radius 2 is 2.05 bits per heavy atom. The average Bonchev–Trinajstić information content (AvgIpc) is 3.14. The lowest BCUT2D eigenvalue weighted by Gasteiger charge is -2.18. The van der Waals surface area contributed by atoms with Gasteiger partial charge in [0.2, 0.25) is 5.91 Å². The molecule has 1 aromatic rings. The monoisotopic (exact) mass is 266 g/mol. The lowest BCUT2D eigenvalue weighted by atomic mass is 10.0. The van der Waals surface area contributed by atoms with Crippen LogP contribution in [0, 0.1) is 0 Å². The van der Waals surface area contributed by atoms with Crippen molar-refractivity contribution in [1.29, 1.82) is 0 Å². The summed E-state index contributed by atoms with van der Waals surface area (Å²) in [6.07, 6.45) is 1.78. The SMILES string of the molecule is N[C@@H](Cc1ccc(O)c(O)c1)C(=O)NC1(CO)CC1. The third-order valence-electron chi connectivity index (χ3n) is 3.38. The van der Waals surface area contributed by atoms with Gasteiger partial charge in [0.05, 0.1) is 18.2 Å². The maximum absolute atomic E-state index is 11.9. The van der Waals surface area contributed by atoms with E-state index in [9.17, 15) is 15.0 Å². The first kappa shape index (κ1) is 13.6. The summed E-state index contributed by atoms with van der Waals surface area (Å²) in [5.41, 5.74) is 5.97. The minimum Gasteiger partial charge on any atom is -0.504 e. The number of nitrogens with two attached hydrogens (primary N) is 1. The fourth-order valence-corrected chi connectivity index (χ4v) is 1.87. The van der Waals surface area contributed by atoms with Crippen molar-refractivity contribution in [2.75, 3.05) is 6.61 Å². The molecule has 1 aromatic carbocycles. The number of benzene rings is 1. The summed E-state index contributed by atoms with van der Waals surface area (Å²) >= 11 is 0. The number of hydrogen-bond acceptors (Lipinski definition) is 5. The van der Waals surface area contributed by atoms with Gasteiger partial charge in [-0.15, -0.1) is 0 Å². The first-order valence-electron chi connectivity index (χ1n) is 6.15. The minimum absolute atomic E-state index is 0.0779. The van der Waals surface area contributed by atoms with Crippen LogP contribution in [0.2, 0.25) is 0 Å². The van der Waals surface area contributed by atoms with E-state index in [0.717, 1.165) is 12.8 Å². The fourth-order valence-electron chi connectivity index (χ4n) is 1.87. The highest BCUT2D eigenvalue weighted by Crippen LogP contribution is 2.34. The van der Waals surface area contributed by atoms with Gasteiger partial charge in [-0.05, 0) is 37.0 Å². The van der Waals surface area contributed by atoms with Crippen LogP contribution in [0.25, 0.3) is 0 Å². The number of aromatic hydroxyl groups is 2. The van der Waals surface area contributed by atoms with E-state index < -0.39 is 11.6 Å². The van der Waals surface area contributed by atoms with Crippen LogP contribution in [0.1, 0.15) is 18.4 Å². The predicted molar refractivity (Wildman–Crippen MR) is 68.6 cm³/mol. The number of amides is 1. The highest BCUT2D eigenvalue weighted by Gasteiger charge is 2.44. The number of nitrogens with one attached hydrogen (secondary N) is 1. The molecule has 0 bridgehead atoms. The summed E-state index contributed by atoms with van der Waals surface area (Å²) in [7, 11) is 0. The summed E-state index contributed by atoms with van der Waals surface area (Å²) in [6.45, 7) is -0.0779. The first-order chi connectivity index (χ1) is 8.96. The Labute approximate surface area is 110 Å². The number of phenols is 2. The van der Waals surface area contributed by atoms with Crippen molar-refractivity contribution in [1.82, 2.24) is 5.32 Å². The number of aliphatic hydroxyl groups is 1. The second-order valence-corrected chi connectivity index (χ2v) is 5.06. The summed E-state index contributed by atoms with van der Waals surface area (Å²) in [5, 5.41) is 30.4. The molecule has 1 aliphatic rings. The van der Waals surface area contributed by atoms with Crippen molar-refractivity contribution in [2.45, 2.75) is 30.8 Å². The van der Waals surface area contributed by atoms with Crippen LogP contribution in [0.5, 0.6) is 11.5 Å². The zero-order valence-corrected chi connectivity index (χ0v) is 10.5. The van der Waals surface area contributed by atoms with Gasteiger partial charge in [-0.25, -0.2) is 0 Å². The van der Waals surface area contributed by atoms with E-state index in [2.05, 4.69) is 5.32 Å². The van der Waals surface area contributed by atoms with Gasteiger partial charge in [-0.3, -0.25) is 4.79 Å². The molecule has 1 amide bonds. The second-order valence-electron chi connectivity index (χ2n) is 5.06. The molecule has 1 saturated carbocycles. The van der Waals surface area contributed by atoms with Crippen LogP contribution in [0.3, 0.4) is 0 Å². The molecule has 1 aliphatic carbocycles. The molecule has 1 atom stereocenters. The molecule has 0 aliphatic heterocycles. The fraction of sp³-hybridized carbons (Fsp3) is 0.462. The quantitative estimate of drug-likeness (QED) is 0.465. The standard InChI is InChI=1S/C13H18N2O4/c14-9(12(19)15-13(7-16)3-4-13)5-8-1-2-10(17)11(18)6-8/h1-2,6,9,16-18H,3-5,7,14H2,(H,15,19)/t9-/m0/s1. The third-order valence-corrected chi connectivity index (χ3v) is 3.38. The maximum atomic E-state index is 11.9. The molecule has 1 fully saturated rings. The topological polar surface area (TPSA) is 116 Å². The minimum atomic E-state index is -0.757. The molecule has 6 heteroatoms. The molecule has 0 aromatic heterocycles. The lowest BCUT2D eigenvalue weighted by molar-refractivity contribution is -0.123. The van der Waals surface area contributed by atoms with E-state index in [1.807, 2.05) is 0 Å². The summed E-state index contributed by atoms with van der Waals surface area (Å²) in [6, 6.07) is 3.57. The highest BCUT2D eigenvalue weighted by molar-refractivity contribution is 5.83. The van der Waals surface area contributed by atoms with Gasteiger partial charge in [0.25, 0.3) is 0 Å². The molecule has 104 valence electrons. The predicted octanol–water partition coefficient (Wildman–Crippen LogP) is -0.391. The summed E-state index contributed by atoms with van der Waals surface area (Å²) < 4.78 is 0. The Morgan fingerprint density at radius 3 is 2.58 bits per heavy atom. The lowest BCUT2D eigenvalue weighted by Crippen LogP contribution is -2.49. The molecule has 0 heterocycles. The van der Waals surface area contributed by atoms with Crippen LogP contribution in [-0.4, -0.2) is 39.4 Å². The van der Waals surface area contributed by atoms with Crippen LogP contribution < -0.4 is 11.1 Å². The first-order valence-corrected chi connectivity index (χ1v) is 6.15. The number of rotatable bonds is 5. The van der Waals surface area contributed by atoms with Crippen molar-refractivity contribution in [3.8, 4) is 11.5 Å². The van der Waals surface area contributed by atoms with Crippen molar-refractivity contribution >= 4 is 5.91 Å². The molecular formula is C13H18N2O4. The molecular weight excluding hydrogens is 248 g/mol. The largest absolute Gasteiger partial charge is 0.504 e. The summed E-state index contributed by atoms with van der Waals surface area (Å²) in [5.74, 6) is -0.766. The van der Waals surface area contributed by atoms with E-state index in [1.54, 1.807) is 6.07 Å². The Morgan fingerprint density at radius 1 is 1.37 bits per heavy atom. The Kier molecular flexibility index (Phi) is 3.64. The number of phenolic OH excluding ortho intramolecular Hbond substituents is 2. The summed E-state index contributed by atoms with van der Waals surface area (Å²) in [4.78, 5) is 11.9. The number of carbonyl (C=O) groups is 1. The normalized spacial score (nSPS) is 17.8. The van der Waals surface area contributed by atoms with Crippen LogP contribution >= 0.6 is 0 Å². The van der Waals surface area contributed by atoms with Crippen molar-refractivity contribution in [3.05, 3.63) is 23.8 Å². The van der Waals surface area contributed by atoms with E-state index in [1.165, 1.54) is 12.1 Å². The van der Waals surface area contributed by atoms with Gasteiger partial charge in [-0.1, -0.05) is 6.07 Å². The van der Waals surface area contributed by atoms with Crippen LogP contribution in [0.4, 0.5) is 0 Å². The Balaban J connectivity index is 1.94. The zero-order valence-electron chi connectivity index (χ0n) is 10.5. The molecule has 6 nitrogen and oxygen atoms in total. The molecule has 0 saturated heterocycles. The molecule has 0 spiro atoms. The van der Waals surface area contributed by atoms with Gasteiger partial charge in [0, 0.05) is 0 Å². The van der Waals surface area contributed by atoms with E-state index in [-0.39, 0.29) is 30.4 Å². The van der Waals surface area contributed by atoms with Gasteiger partial charge in [0.1, 0.15) is 0 Å². The van der Waals surface area contributed by atoms with Gasteiger partial charge >= 0.3 is 0 Å². The molecule has 6 N–H and O–H groups in total. The maximum Gasteiger partial charge on any atom is 0.237 e. The number of carbonyl (C=O) groups excluding carboxylic acids is 1.